The molecule has 2 aliphatic heterocycles. The Morgan fingerprint density at radius 2 is 2.24 bits per heavy atom. The molecule has 0 aliphatic carbocycles. The van der Waals surface area contributed by atoms with E-state index in [4.69, 9.17) is 10.5 Å². The lowest BCUT2D eigenvalue weighted by atomic mass is 9.79. The zero-order chi connectivity index (χ0) is 12.5. The minimum atomic E-state index is -0.0301. The minimum absolute atomic E-state index is 0.0301. The van der Waals surface area contributed by atoms with E-state index in [1.54, 1.807) is 0 Å². The van der Waals surface area contributed by atoms with Gasteiger partial charge in [0.05, 0.1) is 5.60 Å². The molecule has 100 valence electrons. The third-order valence-electron chi connectivity index (χ3n) is 4.40. The fraction of sp³-hybridized carbons (Fsp3) is 1.00. The van der Waals surface area contributed by atoms with Gasteiger partial charge in [-0.15, -0.1) is 0 Å². The van der Waals surface area contributed by atoms with E-state index in [0.29, 0.717) is 6.04 Å². The van der Waals surface area contributed by atoms with Crippen LogP contribution in [-0.2, 0) is 4.74 Å². The van der Waals surface area contributed by atoms with E-state index >= 15 is 0 Å². The van der Waals surface area contributed by atoms with Gasteiger partial charge >= 0.3 is 0 Å². The third-order valence-corrected chi connectivity index (χ3v) is 5.54. The summed E-state index contributed by atoms with van der Waals surface area (Å²) in [6, 6.07) is 0.706. The van der Waals surface area contributed by atoms with Crippen molar-refractivity contribution < 1.29 is 4.74 Å². The van der Waals surface area contributed by atoms with E-state index in [1.807, 2.05) is 0 Å². The van der Waals surface area contributed by atoms with Crippen molar-refractivity contribution in [3.8, 4) is 0 Å². The Bertz CT molecular complexity index is 266. The molecule has 2 heterocycles. The summed E-state index contributed by atoms with van der Waals surface area (Å²) in [4.78, 5) is 2.57. The third kappa shape index (κ3) is 2.80. The molecule has 3 nitrogen and oxygen atoms in total. The first-order valence-corrected chi connectivity index (χ1v) is 7.79. The molecule has 4 heteroatoms. The highest BCUT2D eigenvalue weighted by atomic mass is 32.2. The summed E-state index contributed by atoms with van der Waals surface area (Å²) in [5.41, 5.74) is 6.24. The maximum absolute atomic E-state index is 6.12. The highest BCUT2D eigenvalue weighted by Gasteiger charge is 2.45. The van der Waals surface area contributed by atoms with Gasteiger partial charge in [-0.2, -0.15) is 11.8 Å². The molecule has 0 saturated carbocycles. The molecule has 2 rings (SSSR count). The summed E-state index contributed by atoms with van der Waals surface area (Å²) in [6.07, 6.45) is 3.43. The summed E-state index contributed by atoms with van der Waals surface area (Å²) in [5.74, 6) is 2.56. The van der Waals surface area contributed by atoms with Crippen LogP contribution in [0.1, 0.15) is 33.1 Å². The lowest BCUT2D eigenvalue weighted by molar-refractivity contribution is -0.119. The number of hydrogen-bond acceptors (Lipinski definition) is 4. The van der Waals surface area contributed by atoms with Gasteiger partial charge in [0, 0.05) is 30.5 Å². The number of likely N-dealkylation sites (N-methyl/N-ethyl adjacent to an activating group) is 1. The number of nitrogens with zero attached hydrogens (tertiary/aromatic N) is 1. The molecule has 2 N–H and O–H groups in total. The molecule has 0 amide bonds. The van der Waals surface area contributed by atoms with Gasteiger partial charge in [-0.3, -0.25) is 4.90 Å². The van der Waals surface area contributed by atoms with Crippen molar-refractivity contribution in [2.75, 3.05) is 31.7 Å². The Kier molecular flexibility index (Phi) is 4.08. The van der Waals surface area contributed by atoms with E-state index in [9.17, 15) is 0 Å². The zero-order valence-corrected chi connectivity index (χ0v) is 12.2. The van der Waals surface area contributed by atoms with Gasteiger partial charge in [0.1, 0.15) is 0 Å². The van der Waals surface area contributed by atoms with E-state index in [-0.39, 0.29) is 11.1 Å². The van der Waals surface area contributed by atoms with Crippen LogP contribution in [0.4, 0.5) is 0 Å². The van der Waals surface area contributed by atoms with Crippen LogP contribution in [-0.4, -0.2) is 53.8 Å². The van der Waals surface area contributed by atoms with E-state index in [0.717, 1.165) is 26.0 Å². The predicted octanol–water partition coefficient (Wildman–Crippen LogP) is 1.71. The quantitative estimate of drug-likeness (QED) is 0.836. The van der Waals surface area contributed by atoms with Crippen molar-refractivity contribution >= 4 is 11.8 Å². The molecule has 17 heavy (non-hydrogen) atoms. The maximum Gasteiger partial charge on any atom is 0.0644 e. The molecule has 2 aliphatic rings. The van der Waals surface area contributed by atoms with Gasteiger partial charge < -0.3 is 10.5 Å². The number of ether oxygens (including phenoxy) is 1. The maximum atomic E-state index is 6.12. The second-order valence-corrected chi connectivity index (χ2v) is 7.24. The predicted molar refractivity (Wildman–Crippen MR) is 74.5 cm³/mol. The summed E-state index contributed by atoms with van der Waals surface area (Å²) in [7, 11) is 2.27. The normalized spacial score (nSPS) is 37.6. The van der Waals surface area contributed by atoms with Crippen LogP contribution in [0.5, 0.6) is 0 Å². The van der Waals surface area contributed by atoms with Crippen LogP contribution in [0.3, 0.4) is 0 Å². The van der Waals surface area contributed by atoms with Crippen molar-refractivity contribution in [1.29, 1.82) is 0 Å². The Balaban J connectivity index is 2.12. The molecule has 0 aromatic carbocycles. The molecular formula is C13H26N2OS. The van der Waals surface area contributed by atoms with E-state index in [1.165, 1.54) is 17.9 Å². The lowest BCUT2D eigenvalue weighted by Crippen LogP contribution is -2.61. The first kappa shape index (κ1) is 13.7. The number of hydrogen-bond donors (Lipinski definition) is 1. The summed E-state index contributed by atoms with van der Waals surface area (Å²) < 4.78 is 5.85. The molecule has 2 fully saturated rings. The molecule has 0 radical (unpaired) electrons. The molecule has 0 aromatic heterocycles. The first-order valence-electron chi connectivity index (χ1n) is 6.64. The summed E-state index contributed by atoms with van der Waals surface area (Å²) in [6.45, 7) is 5.97. The van der Waals surface area contributed by atoms with Crippen LogP contribution in [0, 0.1) is 0 Å². The average molecular weight is 258 g/mol. The van der Waals surface area contributed by atoms with E-state index < -0.39 is 0 Å². The lowest BCUT2D eigenvalue weighted by Gasteiger charge is -2.51. The number of rotatable bonds is 3. The number of thioether (sulfide) groups is 1. The summed E-state index contributed by atoms with van der Waals surface area (Å²) in [5, 5.41) is 0. The van der Waals surface area contributed by atoms with Gasteiger partial charge in [0.25, 0.3) is 0 Å². The second-order valence-electron chi connectivity index (χ2n) is 6.09. The van der Waals surface area contributed by atoms with Gasteiger partial charge in [-0.1, -0.05) is 0 Å². The molecule has 0 bridgehead atoms. The van der Waals surface area contributed by atoms with Crippen molar-refractivity contribution in [2.24, 2.45) is 5.73 Å². The Hall–Kier alpha value is 0.230. The standard InChI is InChI=1S/C13H26N2OS/c1-12(2)9-13(10-14,5-6-16-12)15(3)11-4-7-17-8-11/h11H,4-10,14H2,1-3H3. The zero-order valence-electron chi connectivity index (χ0n) is 11.4. The van der Waals surface area contributed by atoms with Gasteiger partial charge in [0.2, 0.25) is 0 Å². The topological polar surface area (TPSA) is 38.5 Å². The SMILES string of the molecule is CN(C1CCSC1)C1(CN)CCOC(C)(C)C1. The number of nitrogens with two attached hydrogens (primary N) is 1. The van der Waals surface area contributed by atoms with Crippen LogP contribution in [0.25, 0.3) is 0 Å². The summed E-state index contributed by atoms with van der Waals surface area (Å²) >= 11 is 2.07. The molecular weight excluding hydrogens is 232 g/mol. The van der Waals surface area contributed by atoms with Crippen molar-refractivity contribution in [2.45, 2.75) is 50.3 Å². The van der Waals surface area contributed by atoms with Crippen molar-refractivity contribution in [3.05, 3.63) is 0 Å². The second kappa shape index (κ2) is 5.08. The monoisotopic (exact) mass is 258 g/mol. The van der Waals surface area contributed by atoms with Crippen LogP contribution < -0.4 is 5.73 Å². The fourth-order valence-electron chi connectivity index (χ4n) is 3.28. The Morgan fingerprint density at radius 3 is 2.76 bits per heavy atom. The molecule has 2 unspecified atom stereocenters. The van der Waals surface area contributed by atoms with Crippen molar-refractivity contribution in [1.82, 2.24) is 4.90 Å². The van der Waals surface area contributed by atoms with Crippen LogP contribution in [0.2, 0.25) is 0 Å². The highest BCUT2D eigenvalue weighted by molar-refractivity contribution is 7.99. The Labute approximate surface area is 109 Å². The van der Waals surface area contributed by atoms with Crippen LogP contribution in [0.15, 0.2) is 0 Å². The van der Waals surface area contributed by atoms with Gasteiger partial charge in [0.15, 0.2) is 0 Å². The van der Waals surface area contributed by atoms with Gasteiger partial charge in [-0.25, -0.2) is 0 Å². The van der Waals surface area contributed by atoms with Crippen molar-refractivity contribution in [3.63, 3.8) is 0 Å². The largest absolute Gasteiger partial charge is 0.375 e. The van der Waals surface area contributed by atoms with Crippen LogP contribution >= 0.6 is 11.8 Å². The minimum Gasteiger partial charge on any atom is -0.375 e. The Morgan fingerprint density at radius 1 is 1.47 bits per heavy atom. The molecule has 2 saturated heterocycles. The smallest absolute Gasteiger partial charge is 0.0644 e. The molecule has 2 atom stereocenters. The average Bonchev–Trinajstić information content (AvgIpc) is 2.79. The highest BCUT2D eigenvalue weighted by Crippen LogP contribution is 2.38. The van der Waals surface area contributed by atoms with Gasteiger partial charge in [-0.05, 0) is 45.9 Å². The first-order chi connectivity index (χ1) is 7.99. The molecule has 0 aromatic rings. The fourth-order valence-corrected chi connectivity index (χ4v) is 4.55. The van der Waals surface area contributed by atoms with E-state index in [2.05, 4.69) is 37.6 Å². The molecule has 0 spiro atoms.